The van der Waals surface area contributed by atoms with Crippen molar-refractivity contribution in [2.75, 3.05) is 7.11 Å². The lowest BCUT2D eigenvalue weighted by Crippen LogP contribution is -2.06. The van der Waals surface area contributed by atoms with Gasteiger partial charge in [-0.2, -0.15) is 0 Å². The van der Waals surface area contributed by atoms with Gasteiger partial charge in [0.15, 0.2) is 0 Å². The molecule has 1 N–H and O–H groups in total. The van der Waals surface area contributed by atoms with Crippen molar-refractivity contribution < 1.29 is 27.8 Å². The van der Waals surface area contributed by atoms with Crippen LogP contribution in [0.5, 0.6) is 11.5 Å². The number of ether oxygens (including phenoxy) is 2. The molecule has 7 heteroatoms. The Morgan fingerprint density at radius 2 is 1.55 bits per heavy atom. The van der Waals surface area contributed by atoms with E-state index in [0.29, 0.717) is 17.1 Å². The van der Waals surface area contributed by atoms with Gasteiger partial charge in [0.2, 0.25) is 9.84 Å². The number of benzene rings is 3. The van der Waals surface area contributed by atoms with Crippen LogP contribution in [0.4, 0.5) is 0 Å². The Hall–Kier alpha value is -3.32. The molecule has 0 saturated heterocycles. The van der Waals surface area contributed by atoms with Crippen LogP contribution >= 0.6 is 0 Å². The Kier molecular flexibility index (Phi) is 6.19. The van der Waals surface area contributed by atoms with Crippen molar-refractivity contribution in [2.45, 2.75) is 22.8 Å². The van der Waals surface area contributed by atoms with Gasteiger partial charge in [-0.25, -0.2) is 8.42 Å². The van der Waals surface area contributed by atoms with E-state index < -0.39 is 15.8 Å². The maximum absolute atomic E-state index is 13.1. The summed E-state index contributed by atoms with van der Waals surface area (Å²) >= 11 is 0. The predicted molar refractivity (Wildman–Crippen MR) is 107 cm³/mol. The van der Waals surface area contributed by atoms with E-state index in [4.69, 9.17) is 14.6 Å². The maximum atomic E-state index is 13.1. The SMILES string of the molecule is COc1ccc(S(=O)(=O)c2cc(CC(=O)O)cc(OCc3ccccc3)c2)cc1. The number of rotatable bonds is 8. The standard InChI is InChI=1S/C22H20O6S/c1-27-18-7-9-20(10-8-18)29(25,26)21-12-17(13-22(23)24)11-19(14-21)28-15-16-5-3-2-4-6-16/h2-12,14H,13,15H2,1H3,(H,23,24). The molecule has 0 aliphatic carbocycles. The largest absolute Gasteiger partial charge is 0.497 e. The summed E-state index contributed by atoms with van der Waals surface area (Å²) in [5.74, 6) is -0.229. The lowest BCUT2D eigenvalue weighted by molar-refractivity contribution is -0.136. The van der Waals surface area contributed by atoms with Crippen molar-refractivity contribution in [3.63, 3.8) is 0 Å². The van der Waals surface area contributed by atoms with Crippen molar-refractivity contribution in [3.8, 4) is 11.5 Å². The minimum atomic E-state index is -3.86. The van der Waals surface area contributed by atoms with Gasteiger partial charge in [-0.05, 0) is 53.6 Å². The van der Waals surface area contributed by atoms with Crippen molar-refractivity contribution in [1.29, 1.82) is 0 Å². The van der Waals surface area contributed by atoms with Crippen LogP contribution in [0.1, 0.15) is 11.1 Å². The average molecular weight is 412 g/mol. The van der Waals surface area contributed by atoms with E-state index in [-0.39, 0.29) is 22.8 Å². The highest BCUT2D eigenvalue weighted by atomic mass is 32.2. The summed E-state index contributed by atoms with van der Waals surface area (Å²) < 4.78 is 36.9. The van der Waals surface area contributed by atoms with Crippen molar-refractivity contribution in [2.24, 2.45) is 0 Å². The van der Waals surface area contributed by atoms with Crippen LogP contribution in [0.25, 0.3) is 0 Å². The summed E-state index contributed by atoms with van der Waals surface area (Å²) in [6.45, 7) is 0.236. The molecule has 0 spiro atoms. The van der Waals surface area contributed by atoms with E-state index >= 15 is 0 Å². The number of carboxylic acids is 1. The number of sulfone groups is 1. The van der Waals surface area contributed by atoms with Crippen molar-refractivity contribution >= 4 is 15.8 Å². The molecule has 0 saturated carbocycles. The first-order valence-corrected chi connectivity index (χ1v) is 10.3. The number of carboxylic acid groups (broad SMARTS) is 1. The quantitative estimate of drug-likeness (QED) is 0.606. The number of carbonyl (C=O) groups is 1. The molecule has 0 aromatic heterocycles. The van der Waals surface area contributed by atoms with Crippen LogP contribution in [-0.2, 0) is 27.7 Å². The zero-order valence-corrected chi connectivity index (χ0v) is 16.6. The third-order valence-corrected chi connectivity index (χ3v) is 5.97. The van der Waals surface area contributed by atoms with Crippen molar-refractivity contribution in [3.05, 3.63) is 83.9 Å². The molecule has 0 amide bonds. The van der Waals surface area contributed by atoms with Gasteiger partial charge in [-0.15, -0.1) is 0 Å². The fraction of sp³-hybridized carbons (Fsp3) is 0.136. The van der Waals surface area contributed by atoms with Gasteiger partial charge in [-0.1, -0.05) is 30.3 Å². The van der Waals surface area contributed by atoms with Crippen LogP contribution in [-0.4, -0.2) is 26.6 Å². The Morgan fingerprint density at radius 3 is 2.17 bits per heavy atom. The van der Waals surface area contributed by atoms with Crippen LogP contribution in [0.3, 0.4) is 0 Å². The Morgan fingerprint density at radius 1 is 0.862 bits per heavy atom. The summed E-state index contributed by atoms with van der Waals surface area (Å²) in [6, 6.07) is 19.7. The topological polar surface area (TPSA) is 89.9 Å². The molecule has 0 bridgehead atoms. The molecule has 0 aliphatic rings. The van der Waals surface area contributed by atoms with E-state index in [1.54, 1.807) is 18.2 Å². The zero-order valence-electron chi connectivity index (χ0n) is 15.7. The molecular formula is C22H20O6S. The molecule has 0 atom stereocenters. The molecule has 29 heavy (non-hydrogen) atoms. The molecule has 0 radical (unpaired) electrons. The molecule has 0 aliphatic heterocycles. The molecule has 0 heterocycles. The Labute approximate surface area is 169 Å². The predicted octanol–water partition coefficient (Wildman–Crippen LogP) is 3.73. The highest BCUT2D eigenvalue weighted by molar-refractivity contribution is 7.91. The summed E-state index contributed by atoms with van der Waals surface area (Å²) in [5, 5.41) is 9.13. The fourth-order valence-electron chi connectivity index (χ4n) is 2.78. The second kappa shape index (κ2) is 8.79. The van der Waals surface area contributed by atoms with Crippen molar-refractivity contribution in [1.82, 2.24) is 0 Å². The Balaban J connectivity index is 1.96. The van der Waals surface area contributed by atoms with E-state index in [1.807, 2.05) is 30.3 Å². The van der Waals surface area contributed by atoms with E-state index in [2.05, 4.69) is 0 Å². The molecule has 0 fully saturated rings. The second-order valence-corrected chi connectivity index (χ2v) is 8.29. The maximum Gasteiger partial charge on any atom is 0.307 e. The highest BCUT2D eigenvalue weighted by Crippen LogP contribution is 2.28. The molecule has 3 aromatic carbocycles. The van der Waals surface area contributed by atoms with Gasteiger partial charge >= 0.3 is 5.97 Å². The third kappa shape index (κ3) is 5.14. The van der Waals surface area contributed by atoms with Gasteiger partial charge in [0, 0.05) is 0 Å². The minimum absolute atomic E-state index is 0.0236. The van der Waals surface area contributed by atoms with E-state index in [0.717, 1.165) is 5.56 Å². The van der Waals surface area contributed by atoms with Gasteiger partial charge < -0.3 is 14.6 Å². The van der Waals surface area contributed by atoms with Gasteiger partial charge in [-0.3, -0.25) is 4.79 Å². The normalized spacial score (nSPS) is 11.1. The summed E-state index contributed by atoms with van der Waals surface area (Å²) in [7, 11) is -2.36. The smallest absolute Gasteiger partial charge is 0.307 e. The molecular weight excluding hydrogens is 392 g/mol. The Bertz CT molecular complexity index is 1090. The zero-order chi connectivity index (χ0) is 20.9. The molecule has 3 aromatic rings. The van der Waals surface area contributed by atoms with Gasteiger partial charge in [0.25, 0.3) is 0 Å². The first-order chi connectivity index (χ1) is 13.9. The fourth-order valence-corrected chi connectivity index (χ4v) is 4.12. The number of aliphatic carboxylic acids is 1. The van der Waals surface area contributed by atoms with Crippen LogP contribution in [0.15, 0.2) is 82.6 Å². The summed E-state index contributed by atoms with van der Waals surface area (Å²) in [4.78, 5) is 11.2. The van der Waals surface area contributed by atoms with Gasteiger partial charge in [0.05, 0.1) is 23.3 Å². The molecule has 150 valence electrons. The van der Waals surface area contributed by atoms with E-state index in [9.17, 15) is 13.2 Å². The number of hydrogen-bond donors (Lipinski definition) is 1. The van der Waals surface area contributed by atoms with Crippen LogP contribution in [0, 0.1) is 0 Å². The first kappa shape index (κ1) is 20.4. The lowest BCUT2D eigenvalue weighted by Gasteiger charge is -2.12. The third-order valence-electron chi connectivity index (χ3n) is 4.22. The van der Waals surface area contributed by atoms with Gasteiger partial charge in [0.1, 0.15) is 18.1 Å². The molecule has 0 unspecified atom stereocenters. The second-order valence-electron chi connectivity index (χ2n) is 6.34. The minimum Gasteiger partial charge on any atom is -0.497 e. The number of methoxy groups -OCH3 is 1. The summed E-state index contributed by atoms with van der Waals surface area (Å²) in [6.07, 6.45) is -0.312. The lowest BCUT2D eigenvalue weighted by atomic mass is 10.1. The van der Waals surface area contributed by atoms with Crippen LogP contribution in [0.2, 0.25) is 0 Å². The number of hydrogen-bond acceptors (Lipinski definition) is 5. The summed E-state index contributed by atoms with van der Waals surface area (Å²) in [5.41, 5.74) is 1.26. The molecule has 3 rings (SSSR count). The first-order valence-electron chi connectivity index (χ1n) is 8.80. The van der Waals surface area contributed by atoms with E-state index in [1.165, 1.54) is 31.4 Å². The highest BCUT2D eigenvalue weighted by Gasteiger charge is 2.20. The molecule has 6 nitrogen and oxygen atoms in total. The average Bonchev–Trinajstić information content (AvgIpc) is 2.72. The van der Waals surface area contributed by atoms with Crippen LogP contribution < -0.4 is 9.47 Å². The monoisotopic (exact) mass is 412 g/mol.